The zero-order valence-electron chi connectivity index (χ0n) is 7.73. The van der Waals surface area contributed by atoms with E-state index in [-0.39, 0.29) is 11.3 Å². The Labute approximate surface area is 93.3 Å². The van der Waals surface area contributed by atoms with Crippen LogP contribution in [-0.4, -0.2) is 14.3 Å². The monoisotopic (exact) mass is 246 g/mol. The van der Waals surface area contributed by atoms with E-state index in [1.165, 1.54) is 24.3 Å². The molecule has 0 spiro atoms. The predicted octanol–water partition coefficient (Wildman–Crippen LogP) is 1.37. The molecule has 0 atom stereocenters. The molecule has 0 bridgehead atoms. The maximum Gasteiger partial charge on any atom is 0.264 e. The van der Waals surface area contributed by atoms with Crippen LogP contribution in [0, 0.1) is 6.92 Å². The average Bonchev–Trinajstić information content (AvgIpc) is 2.17. The first kappa shape index (κ1) is 12.0. The number of carbonyl (C=O) groups is 1. The van der Waals surface area contributed by atoms with Crippen molar-refractivity contribution >= 4 is 27.5 Å². The van der Waals surface area contributed by atoms with Crippen molar-refractivity contribution in [2.24, 2.45) is 0 Å². The molecule has 15 heavy (non-hydrogen) atoms. The van der Waals surface area contributed by atoms with Gasteiger partial charge in [0.15, 0.2) is 0 Å². The van der Waals surface area contributed by atoms with Gasteiger partial charge in [-0.3, -0.25) is 4.79 Å². The van der Waals surface area contributed by atoms with Crippen LogP contribution in [0.15, 0.2) is 29.2 Å². The number of halogens is 1. The first-order valence-corrected chi connectivity index (χ1v) is 5.92. The Balaban J connectivity index is 2.96. The molecule has 6 heteroatoms. The lowest BCUT2D eigenvalue weighted by molar-refractivity contribution is -0.118. The van der Waals surface area contributed by atoms with Gasteiger partial charge in [0.1, 0.15) is 0 Å². The smallest absolute Gasteiger partial charge is 0.264 e. The number of hydrogen-bond acceptors (Lipinski definition) is 3. The number of hydrogen-bond donors (Lipinski definition) is 1. The van der Waals surface area contributed by atoms with E-state index in [1.54, 1.807) is 0 Å². The quantitative estimate of drug-likeness (QED) is 0.876. The van der Waals surface area contributed by atoms with Crippen molar-refractivity contribution in [2.75, 3.05) is 0 Å². The number of carbonyl (C=O) groups excluding carboxylic acids is 1. The van der Waals surface area contributed by atoms with E-state index in [9.17, 15) is 13.2 Å². The fourth-order valence-corrected chi connectivity index (χ4v) is 2.01. The topological polar surface area (TPSA) is 63.2 Å². The molecule has 0 aromatic heterocycles. The number of amides is 1. The zero-order valence-corrected chi connectivity index (χ0v) is 9.31. The van der Waals surface area contributed by atoms with Gasteiger partial charge < -0.3 is 0 Å². The summed E-state index contributed by atoms with van der Waals surface area (Å²) in [4.78, 5) is 10.9. The summed E-state index contributed by atoms with van der Waals surface area (Å²) in [6, 6.07) is 5.51. The summed E-state index contributed by atoms with van der Waals surface area (Å²) in [7, 11) is -3.79. The van der Waals surface area contributed by atoms with Crippen molar-refractivity contribution in [3.8, 4) is 0 Å². The molecule has 1 rings (SSSR count). The van der Waals surface area contributed by atoms with Gasteiger partial charge in [0.2, 0.25) is 5.91 Å². The van der Waals surface area contributed by atoms with Crippen LogP contribution in [0.1, 0.15) is 6.42 Å². The highest BCUT2D eigenvalue weighted by Gasteiger charge is 2.15. The average molecular weight is 247 g/mol. The van der Waals surface area contributed by atoms with Crippen molar-refractivity contribution < 1.29 is 13.2 Å². The Hall–Kier alpha value is -1.07. The predicted molar refractivity (Wildman–Crippen MR) is 56.8 cm³/mol. The number of sulfonamides is 1. The highest BCUT2D eigenvalue weighted by Crippen LogP contribution is 2.13. The van der Waals surface area contributed by atoms with E-state index in [1.807, 2.05) is 4.72 Å². The summed E-state index contributed by atoms with van der Waals surface area (Å²) >= 11 is 5.60. The van der Waals surface area contributed by atoms with E-state index in [0.717, 1.165) is 0 Å². The maximum atomic E-state index is 11.5. The fraction of sp³-hybridized carbons (Fsp3) is 0.111. The van der Waals surface area contributed by atoms with Gasteiger partial charge in [-0.05, 0) is 31.2 Å². The van der Waals surface area contributed by atoms with Gasteiger partial charge >= 0.3 is 0 Å². The summed E-state index contributed by atoms with van der Waals surface area (Å²) in [5, 5.41) is 0.428. The lowest BCUT2D eigenvalue weighted by Gasteiger charge is -2.05. The Kier molecular flexibility index (Phi) is 3.71. The van der Waals surface area contributed by atoms with Crippen LogP contribution in [0.3, 0.4) is 0 Å². The second-order valence-corrected chi connectivity index (χ2v) is 4.85. The van der Waals surface area contributed by atoms with E-state index in [0.29, 0.717) is 5.02 Å². The van der Waals surface area contributed by atoms with Gasteiger partial charge in [-0.15, -0.1) is 0 Å². The lowest BCUT2D eigenvalue weighted by atomic mass is 10.4. The minimum atomic E-state index is -3.79. The maximum absolute atomic E-state index is 11.5. The van der Waals surface area contributed by atoms with E-state index < -0.39 is 15.9 Å². The molecule has 0 aliphatic heterocycles. The van der Waals surface area contributed by atoms with Gasteiger partial charge in [0, 0.05) is 11.4 Å². The largest absolute Gasteiger partial charge is 0.274 e. The minimum absolute atomic E-state index is 0.00583. The highest BCUT2D eigenvalue weighted by molar-refractivity contribution is 7.90. The number of nitrogens with one attached hydrogen (secondary N) is 1. The molecular formula is C9H9ClNO3S. The first-order chi connectivity index (χ1) is 6.95. The highest BCUT2D eigenvalue weighted by atomic mass is 35.5. The molecule has 1 aromatic rings. The van der Waals surface area contributed by atoms with Gasteiger partial charge in [-0.2, -0.15) is 0 Å². The number of benzene rings is 1. The van der Waals surface area contributed by atoms with E-state index in [2.05, 4.69) is 6.92 Å². The van der Waals surface area contributed by atoms with E-state index in [4.69, 9.17) is 11.6 Å². The summed E-state index contributed by atoms with van der Waals surface area (Å²) in [6.07, 6.45) is -0.132. The Bertz CT molecular complexity index is 453. The zero-order chi connectivity index (χ0) is 11.5. The normalized spacial score (nSPS) is 11.1. The third kappa shape index (κ3) is 3.21. The van der Waals surface area contributed by atoms with Gasteiger partial charge in [-0.25, -0.2) is 13.1 Å². The van der Waals surface area contributed by atoms with Gasteiger partial charge in [0.25, 0.3) is 10.0 Å². The molecule has 0 saturated heterocycles. The molecule has 0 aliphatic carbocycles. The molecule has 0 saturated carbocycles. The Morgan fingerprint density at radius 2 is 1.87 bits per heavy atom. The molecular weight excluding hydrogens is 238 g/mol. The SMILES string of the molecule is [CH2]CC(=O)NS(=O)(=O)c1ccc(Cl)cc1. The second-order valence-electron chi connectivity index (χ2n) is 2.73. The van der Waals surface area contributed by atoms with Crippen LogP contribution in [-0.2, 0) is 14.8 Å². The summed E-state index contributed by atoms with van der Waals surface area (Å²) in [6.45, 7) is 3.28. The molecule has 4 nitrogen and oxygen atoms in total. The van der Waals surface area contributed by atoms with Crippen LogP contribution in [0.2, 0.25) is 5.02 Å². The van der Waals surface area contributed by atoms with Crippen LogP contribution in [0.5, 0.6) is 0 Å². The molecule has 0 aliphatic rings. The summed E-state index contributed by atoms with van der Waals surface area (Å²) in [5.41, 5.74) is 0. The minimum Gasteiger partial charge on any atom is -0.274 e. The molecule has 0 heterocycles. The second kappa shape index (κ2) is 4.63. The van der Waals surface area contributed by atoms with E-state index >= 15 is 0 Å². The lowest BCUT2D eigenvalue weighted by Crippen LogP contribution is -2.29. The van der Waals surface area contributed by atoms with Crippen molar-refractivity contribution in [2.45, 2.75) is 11.3 Å². The standard InChI is InChI=1S/C9H9ClNO3S/c1-2-9(12)11-15(13,14)8-5-3-7(10)4-6-8/h3-6H,1-2H2,(H,11,12). The Morgan fingerprint density at radius 3 is 2.33 bits per heavy atom. The van der Waals surface area contributed by atoms with Crippen molar-refractivity contribution in [1.29, 1.82) is 0 Å². The molecule has 1 radical (unpaired) electrons. The van der Waals surface area contributed by atoms with Crippen molar-refractivity contribution in [3.63, 3.8) is 0 Å². The molecule has 1 N–H and O–H groups in total. The molecule has 81 valence electrons. The first-order valence-electron chi connectivity index (χ1n) is 4.06. The third-order valence-corrected chi connectivity index (χ3v) is 3.24. The Morgan fingerprint density at radius 1 is 1.33 bits per heavy atom. The van der Waals surface area contributed by atoms with Crippen molar-refractivity contribution in [1.82, 2.24) is 4.72 Å². The van der Waals surface area contributed by atoms with Gasteiger partial charge in [0.05, 0.1) is 4.90 Å². The summed E-state index contributed by atoms with van der Waals surface area (Å²) < 4.78 is 24.9. The van der Waals surface area contributed by atoms with Crippen LogP contribution >= 0.6 is 11.6 Å². The van der Waals surface area contributed by atoms with Crippen LogP contribution in [0.4, 0.5) is 0 Å². The number of rotatable bonds is 3. The van der Waals surface area contributed by atoms with Gasteiger partial charge in [-0.1, -0.05) is 11.6 Å². The van der Waals surface area contributed by atoms with Crippen molar-refractivity contribution in [3.05, 3.63) is 36.2 Å². The molecule has 1 amide bonds. The molecule has 0 unspecified atom stereocenters. The van der Waals surface area contributed by atoms with Crippen LogP contribution < -0.4 is 4.72 Å². The third-order valence-electron chi connectivity index (χ3n) is 1.60. The fourth-order valence-electron chi connectivity index (χ4n) is 0.874. The van der Waals surface area contributed by atoms with Crippen LogP contribution in [0.25, 0.3) is 0 Å². The molecule has 0 fully saturated rings. The summed E-state index contributed by atoms with van der Waals surface area (Å²) in [5.74, 6) is -0.648. The molecule has 1 aromatic carbocycles.